The molecule has 1 amide bonds. The minimum absolute atomic E-state index is 0.159. The van der Waals surface area contributed by atoms with E-state index < -0.39 is 0 Å². The monoisotopic (exact) mass is 337 g/mol. The Hall–Kier alpha value is -3.04. The highest BCUT2D eigenvalue weighted by atomic mass is 32.1. The molecule has 1 N–H and O–H groups in total. The average Bonchev–Trinajstić information content (AvgIpc) is 3.05. The lowest BCUT2D eigenvalue weighted by molar-refractivity contribution is -0.115. The Morgan fingerprint density at radius 3 is 2.54 bits per heavy atom. The predicted octanol–water partition coefficient (Wildman–Crippen LogP) is 4.00. The Morgan fingerprint density at radius 1 is 1.17 bits per heavy atom. The zero-order valence-electron chi connectivity index (χ0n) is 12.5. The Kier molecular flexibility index (Phi) is 4.64. The molecule has 0 aliphatic rings. The Balaban J connectivity index is 1.65. The third-order valence-corrected chi connectivity index (χ3v) is 4.10. The van der Waals surface area contributed by atoms with Crippen LogP contribution in [0.1, 0.15) is 11.1 Å². The smallest absolute Gasteiger partial charge is 0.230 e. The summed E-state index contributed by atoms with van der Waals surface area (Å²) in [7, 11) is 0. The fraction of sp³-hybridized carbons (Fsp3) is 0.0556. The van der Waals surface area contributed by atoms with Crippen LogP contribution < -0.4 is 5.32 Å². The molecule has 0 aliphatic carbocycles. The van der Waals surface area contributed by atoms with Gasteiger partial charge in [-0.05, 0) is 29.8 Å². The molecule has 3 rings (SSSR count). The number of nitrogens with zero attached hydrogens (tertiary/aromatic N) is 2. The van der Waals surface area contributed by atoms with Crippen LogP contribution in [0.5, 0.6) is 0 Å². The minimum atomic E-state index is -0.328. The molecule has 4 nitrogen and oxygen atoms in total. The van der Waals surface area contributed by atoms with Crippen molar-refractivity contribution in [2.24, 2.45) is 0 Å². The van der Waals surface area contributed by atoms with Crippen LogP contribution in [0.4, 0.5) is 9.52 Å². The summed E-state index contributed by atoms with van der Waals surface area (Å²) < 4.78 is 12.9. The lowest BCUT2D eigenvalue weighted by atomic mass is 10.1. The van der Waals surface area contributed by atoms with Crippen LogP contribution in [0.2, 0.25) is 0 Å². The van der Waals surface area contributed by atoms with Crippen LogP contribution >= 0.6 is 11.3 Å². The van der Waals surface area contributed by atoms with E-state index in [1.54, 1.807) is 24.3 Å². The van der Waals surface area contributed by atoms with Crippen LogP contribution in [-0.2, 0) is 11.2 Å². The number of amides is 1. The molecule has 0 saturated carbocycles. The number of nitriles is 1. The molecule has 24 heavy (non-hydrogen) atoms. The van der Waals surface area contributed by atoms with E-state index in [1.807, 2.05) is 17.5 Å². The van der Waals surface area contributed by atoms with Crippen LogP contribution in [0, 0.1) is 17.1 Å². The Labute approximate surface area is 142 Å². The fourth-order valence-electron chi connectivity index (χ4n) is 2.13. The largest absolute Gasteiger partial charge is 0.302 e. The number of carbonyl (C=O) groups excluding carboxylic acids is 1. The number of carbonyl (C=O) groups is 1. The molecule has 1 aromatic heterocycles. The second-order valence-electron chi connectivity index (χ2n) is 5.08. The zero-order valence-corrected chi connectivity index (χ0v) is 13.3. The maximum absolute atomic E-state index is 12.9. The average molecular weight is 337 g/mol. The van der Waals surface area contributed by atoms with Gasteiger partial charge in [0.2, 0.25) is 5.91 Å². The van der Waals surface area contributed by atoms with Crippen LogP contribution in [-0.4, -0.2) is 10.9 Å². The SMILES string of the molecule is N#Cc1ccc(-c2csc(NC(=O)Cc3ccc(F)cc3)n2)cc1. The number of benzene rings is 2. The lowest BCUT2D eigenvalue weighted by Crippen LogP contribution is -2.14. The Bertz CT molecular complexity index is 895. The van der Waals surface area contributed by atoms with Gasteiger partial charge in [0.05, 0.1) is 23.7 Å². The Morgan fingerprint density at radius 2 is 1.88 bits per heavy atom. The molecule has 2 aromatic carbocycles. The highest BCUT2D eigenvalue weighted by molar-refractivity contribution is 7.14. The molecular formula is C18H12FN3OS. The van der Waals surface area contributed by atoms with Crippen LogP contribution in [0.25, 0.3) is 11.3 Å². The standard InChI is InChI=1S/C18H12FN3OS/c19-15-7-3-12(4-8-15)9-17(23)22-18-21-16(11-24-18)14-5-1-13(10-20)2-6-14/h1-8,11H,9H2,(H,21,22,23). The van der Waals surface area contributed by atoms with Gasteiger partial charge in [-0.2, -0.15) is 5.26 Å². The number of hydrogen-bond acceptors (Lipinski definition) is 4. The third-order valence-electron chi connectivity index (χ3n) is 3.34. The van der Waals surface area contributed by atoms with Gasteiger partial charge in [0, 0.05) is 10.9 Å². The number of hydrogen-bond donors (Lipinski definition) is 1. The van der Waals surface area contributed by atoms with E-state index in [2.05, 4.69) is 16.4 Å². The summed E-state index contributed by atoms with van der Waals surface area (Å²) in [5, 5.41) is 13.9. The van der Waals surface area contributed by atoms with Gasteiger partial charge in [0.15, 0.2) is 5.13 Å². The van der Waals surface area contributed by atoms with Crippen molar-refractivity contribution in [3.8, 4) is 17.3 Å². The van der Waals surface area contributed by atoms with E-state index >= 15 is 0 Å². The molecule has 0 aliphatic heterocycles. The molecule has 3 aromatic rings. The lowest BCUT2D eigenvalue weighted by Gasteiger charge is -2.02. The summed E-state index contributed by atoms with van der Waals surface area (Å²) in [6, 6.07) is 15.0. The van der Waals surface area contributed by atoms with E-state index in [1.165, 1.54) is 23.5 Å². The molecule has 6 heteroatoms. The van der Waals surface area contributed by atoms with Crippen molar-refractivity contribution >= 4 is 22.4 Å². The van der Waals surface area contributed by atoms with Gasteiger partial charge >= 0.3 is 0 Å². The summed E-state index contributed by atoms with van der Waals surface area (Å²) >= 11 is 1.33. The molecule has 0 bridgehead atoms. The number of halogens is 1. The van der Waals surface area contributed by atoms with Crippen molar-refractivity contribution in [3.05, 3.63) is 70.9 Å². The van der Waals surface area contributed by atoms with Gasteiger partial charge in [-0.15, -0.1) is 11.3 Å². The van der Waals surface area contributed by atoms with Gasteiger partial charge in [0.25, 0.3) is 0 Å². The molecule has 118 valence electrons. The highest BCUT2D eigenvalue weighted by Gasteiger charge is 2.09. The van der Waals surface area contributed by atoms with Crippen molar-refractivity contribution in [2.45, 2.75) is 6.42 Å². The summed E-state index contributed by atoms with van der Waals surface area (Å²) in [5.74, 6) is -0.534. The second-order valence-corrected chi connectivity index (χ2v) is 5.94. The van der Waals surface area contributed by atoms with E-state index in [9.17, 15) is 9.18 Å². The maximum Gasteiger partial charge on any atom is 0.230 e. The first-order valence-electron chi connectivity index (χ1n) is 7.14. The summed E-state index contributed by atoms with van der Waals surface area (Å²) in [6.45, 7) is 0. The fourth-order valence-corrected chi connectivity index (χ4v) is 2.87. The molecule has 0 spiro atoms. The first-order chi connectivity index (χ1) is 11.6. The van der Waals surface area contributed by atoms with E-state index in [-0.39, 0.29) is 18.1 Å². The molecule has 0 saturated heterocycles. The second kappa shape index (κ2) is 7.02. The quantitative estimate of drug-likeness (QED) is 0.782. The number of thiazole rings is 1. The zero-order chi connectivity index (χ0) is 16.9. The number of rotatable bonds is 4. The van der Waals surface area contributed by atoms with Gasteiger partial charge in [-0.25, -0.2) is 9.37 Å². The normalized spacial score (nSPS) is 10.2. The van der Waals surface area contributed by atoms with Gasteiger partial charge < -0.3 is 5.32 Å². The topological polar surface area (TPSA) is 65.8 Å². The van der Waals surface area contributed by atoms with E-state index in [0.29, 0.717) is 10.7 Å². The van der Waals surface area contributed by atoms with Gasteiger partial charge in [-0.1, -0.05) is 24.3 Å². The molecule has 1 heterocycles. The summed E-state index contributed by atoms with van der Waals surface area (Å²) in [5.41, 5.74) is 2.94. The molecule has 0 unspecified atom stereocenters. The summed E-state index contributed by atoms with van der Waals surface area (Å²) in [4.78, 5) is 16.4. The third kappa shape index (κ3) is 3.83. The number of nitrogens with one attached hydrogen (secondary N) is 1. The van der Waals surface area contributed by atoms with E-state index in [0.717, 1.165) is 16.8 Å². The maximum atomic E-state index is 12.9. The van der Waals surface area contributed by atoms with Crippen molar-refractivity contribution in [3.63, 3.8) is 0 Å². The van der Waals surface area contributed by atoms with Crippen LogP contribution in [0.3, 0.4) is 0 Å². The van der Waals surface area contributed by atoms with E-state index in [4.69, 9.17) is 5.26 Å². The molecule has 0 radical (unpaired) electrons. The first kappa shape index (κ1) is 15.8. The number of anilines is 1. The van der Waals surface area contributed by atoms with Gasteiger partial charge in [0.1, 0.15) is 5.82 Å². The predicted molar refractivity (Wildman–Crippen MR) is 91.0 cm³/mol. The molecule has 0 fully saturated rings. The van der Waals surface area contributed by atoms with Crippen molar-refractivity contribution in [2.75, 3.05) is 5.32 Å². The highest BCUT2D eigenvalue weighted by Crippen LogP contribution is 2.25. The van der Waals surface area contributed by atoms with Crippen molar-refractivity contribution in [1.29, 1.82) is 5.26 Å². The first-order valence-corrected chi connectivity index (χ1v) is 8.02. The van der Waals surface area contributed by atoms with Crippen molar-refractivity contribution in [1.82, 2.24) is 4.98 Å². The molecular weight excluding hydrogens is 325 g/mol. The summed E-state index contributed by atoms with van der Waals surface area (Å²) in [6.07, 6.45) is 0.159. The number of aromatic nitrogens is 1. The van der Waals surface area contributed by atoms with Crippen LogP contribution in [0.15, 0.2) is 53.9 Å². The van der Waals surface area contributed by atoms with Crippen molar-refractivity contribution < 1.29 is 9.18 Å². The molecule has 0 atom stereocenters. The van der Waals surface area contributed by atoms with Gasteiger partial charge in [-0.3, -0.25) is 4.79 Å². The minimum Gasteiger partial charge on any atom is -0.302 e.